The van der Waals surface area contributed by atoms with Crippen molar-refractivity contribution in [3.8, 4) is 5.75 Å². The maximum absolute atomic E-state index is 10.9. The second kappa shape index (κ2) is 7.60. The van der Waals surface area contributed by atoms with Gasteiger partial charge in [0.25, 0.3) is 0 Å². The number of alkyl halides is 1. The summed E-state index contributed by atoms with van der Waals surface area (Å²) in [7, 11) is 0. The summed E-state index contributed by atoms with van der Waals surface area (Å²) in [6.07, 6.45) is 0.794. The van der Waals surface area contributed by atoms with Crippen LogP contribution in [0.3, 0.4) is 0 Å². The van der Waals surface area contributed by atoms with Gasteiger partial charge in [-0.1, -0.05) is 6.92 Å². The number of halogens is 1. The van der Waals surface area contributed by atoms with E-state index >= 15 is 0 Å². The summed E-state index contributed by atoms with van der Waals surface area (Å²) in [6, 6.07) is 4.97. The van der Waals surface area contributed by atoms with E-state index in [0.717, 1.165) is 11.3 Å². The molecule has 0 bridgehead atoms. The van der Waals surface area contributed by atoms with Crippen LogP contribution >= 0.6 is 23.4 Å². The van der Waals surface area contributed by atoms with E-state index in [0.29, 0.717) is 16.9 Å². The third-order valence-electron chi connectivity index (χ3n) is 2.34. The highest BCUT2D eigenvalue weighted by atomic mass is 35.5. The quantitative estimate of drug-likeness (QED) is 0.322. The summed E-state index contributed by atoms with van der Waals surface area (Å²) in [6.45, 7) is 5.77. The normalized spacial score (nSPS) is 12.5. The highest BCUT2D eigenvalue weighted by molar-refractivity contribution is 7.99. The molecule has 0 saturated carbocycles. The molecule has 4 nitrogen and oxygen atoms in total. The number of nitro groups is 1. The van der Waals surface area contributed by atoms with Crippen molar-refractivity contribution < 1.29 is 9.66 Å². The standard InChI is InChI=1S/C13H18ClNO3S/c1-9(2)18-13-8-11(19-10(3)6-7-14)4-5-12(13)15(16)17/h4-5,8-10H,6-7H2,1-3H3. The predicted molar refractivity (Wildman–Crippen MR) is 79.5 cm³/mol. The van der Waals surface area contributed by atoms with E-state index < -0.39 is 4.92 Å². The van der Waals surface area contributed by atoms with Crippen molar-refractivity contribution >= 4 is 29.1 Å². The zero-order valence-electron chi connectivity index (χ0n) is 11.3. The van der Waals surface area contributed by atoms with Gasteiger partial charge in [-0.25, -0.2) is 0 Å². The molecule has 0 aliphatic heterocycles. The van der Waals surface area contributed by atoms with Gasteiger partial charge in [-0.15, -0.1) is 23.4 Å². The first-order chi connectivity index (χ1) is 8.93. The van der Waals surface area contributed by atoms with Crippen molar-refractivity contribution in [2.45, 2.75) is 43.4 Å². The second-order valence-corrected chi connectivity index (χ2v) is 6.35. The van der Waals surface area contributed by atoms with Crippen molar-refractivity contribution in [3.63, 3.8) is 0 Å². The Balaban J connectivity index is 2.94. The fourth-order valence-corrected chi connectivity index (χ4v) is 2.99. The zero-order valence-corrected chi connectivity index (χ0v) is 12.8. The van der Waals surface area contributed by atoms with Crippen molar-refractivity contribution in [1.82, 2.24) is 0 Å². The molecule has 0 aliphatic rings. The first-order valence-corrected chi connectivity index (χ1v) is 7.53. The number of hydrogen-bond acceptors (Lipinski definition) is 4. The molecule has 0 N–H and O–H groups in total. The lowest BCUT2D eigenvalue weighted by Crippen LogP contribution is -2.07. The molecule has 0 amide bonds. The van der Waals surface area contributed by atoms with E-state index in [-0.39, 0.29) is 11.8 Å². The average Bonchev–Trinajstić information content (AvgIpc) is 2.28. The van der Waals surface area contributed by atoms with Gasteiger partial charge >= 0.3 is 5.69 Å². The number of nitro benzene ring substituents is 1. The van der Waals surface area contributed by atoms with Gasteiger partial charge in [0.2, 0.25) is 0 Å². The lowest BCUT2D eigenvalue weighted by Gasteiger charge is -2.13. The van der Waals surface area contributed by atoms with Crippen LogP contribution in [0.5, 0.6) is 5.75 Å². The predicted octanol–water partition coefficient (Wildman–Crippen LogP) is 4.49. The highest BCUT2D eigenvalue weighted by Gasteiger charge is 2.17. The molecule has 1 rings (SSSR count). The van der Waals surface area contributed by atoms with Crippen LogP contribution in [-0.4, -0.2) is 22.2 Å². The molecule has 1 unspecified atom stereocenters. The van der Waals surface area contributed by atoms with E-state index in [1.807, 2.05) is 13.8 Å². The van der Waals surface area contributed by atoms with Gasteiger partial charge < -0.3 is 4.74 Å². The van der Waals surface area contributed by atoms with Crippen LogP contribution in [-0.2, 0) is 0 Å². The number of thioether (sulfide) groups is 1. The zero-order chi connectivity index (χ0) is 14.4. The number of ether oxygens (including phenoxy) is 1. The van der Waals surface area contributed by atoms with Gasteiger partial charge in [-0.3, -0.25) is 10.1 Å². The molecule has 106 valence electrons. The summed E-state index contributed by atoms with van der Waals surface area (Å²) in [5.74, 6) is 0.930. The number of nitrogens with zero attached hydrogens (tertiary/aromatic N) is 1. The minimum Gasteiger partial charge on any atom is -0.484 e. The number of benzene rings is 1. The Hall–Kier alpha value is -0.940. The Morgan fingerprint density at radius 2 is 2.11 bits per heavy atom. The largest absolute Gasteiger partial charge is 0.484 e. The molecule has 0 fully saturated rings. The molecular weight excluding hydrogens is 286 g/mol. The smallest absolute Gasteiger partial charge is 0.311 e. The van der Waals surface area contributed by atoms with Crippen LogP contribution in [0.25, 0.3) is 0 Å². The summed E-state index contributed by atoms with van der Waals surface area (Å²) < 4.78 is 5.51. The van der Waals surface area contributed by atoms with E-state index in [2.05, 4.69) is 6.92 Å². The molecule has 0 aromatic heterocycles. The van der Waals surface area contributed by atoms with Crippen LogP contribution in [0.4, 0.5) is 5.69 Å². The SMILES string of the molecule is CC(C)Oc1cc(SC(C)CCCl)ccc1[N+](=O)[O-]. The molecule has 1 aromatic carbocycles. The molecule has 0 spiro atoms. The van der Waals surface area contributed by atoms with Gasteiger partial charge in [0, 0.05) is 28.2 Å². The molecule has 1 atom stereocenters. The van der Waals surface area contributed by atoms with Crippen LogP contribution < -0.4 is 4.74 Å². The van der Waals surface area contributed by atoms with E-state index in [1.54, 1.807) is 23.9 Å². The minimum atomic E-state index is -0.422. The van der Waals surface area contributed by atoms with E-state index in [1.165, 1.54) is 6.07 Å². The first-order valence-electron chi connectivity index (χ1n) is 6.11. The lowest BCUT2D eigenvalue weighted by molar-refractivity contribution is -0.386. The van der Waals surface area contributed by atoms with Crippen LogP contribution in [0, 0.1) is 10.1 Å². The van der Waals surface area contributed by atoms with Crippen molar-refractivity contribution in [3.05, 3.63) is 28.3 Å². The van der Waals surface area contributed by atoms with Gasteiger partial charge in [0.05, 0.1) is 11.0 Å². The molecule has 1 aromatic rings. The van der Waals surface area contributed by atoms with Gasteiger partial charge in [0.15, 0.2) is 5.75 Å². The Labute approximate surface area is 122 Å². The third kappa shape index (κ3) is 5.28. The lowest BCUT2D eigenvalue weighted by atomic mass is 10.3. The van der Waals surface area contributed by atoms with E-state index in [4.69, 9.17) is 16.3 Å². The van der Waals surface area contributed by atoms with Crippen LogP contribution in [0.2, 0.25) is 0 Å². The second-order valence-electron chi connectivity index (χ2n) is 4.46. The van der Waals surface area contributed by atoms with Gasteiger partial charge in [-0.2, -0.15) is 0 Å². The van der Waals surface area contributed by atoms with Gasteiger partial charge in [0.1, 0.15) is 0 Å². The summed E-state index contributed by atoms with van der Waals surface area (Å²) in [4.78, 5) is 11.5. The molecule has 0 saturated heterocycles. The molecule has 6 heteroatoms. The molecule has 0 aliphatic carbocycles. The first kappa shape index (κ1) is 16.1. The van der Waals surface area contributed by atoms with Crippen molar-refractivity contribution in [2.24, 2.45) is 0 Å². The van der Waals surface area contributed by atoms with Crippen LogP contribution in [0.15, 0.2) is 23.1 Å². The monoisotopic (exact) mass is 303 g/mol. The fraction of sp³-hybridized carbons (Fsp3) is 0.538. The topological polar surface area (TPSA) is 52.4 Å². The molecular formula is C13H18ClNO3S. The van der Waals surface area contributed by atoms with Gasteiger partial charge in [-0.05, 0) is 26.3 Å². The van der Waals surface area contributed by atoms with Crippen molar-refractivity contribution in [2.75, 3.05) is 5.88 Å². The maximum Gasteiger partial charge on any atom is 0.311 e. The summed E-state index contributed by atoms with van der Waals surface area (Å²) in [5, 5.41) is 11.3. The third-order valence-corrected chi connectivity index (χ3v) is 3.73. The molecule has 19 heavy (non-hydrogen) atoms. The Morgan fingerprint density at radius 1 is 1.42 bits per heavy atom. The molecule has 0 heterocycles. The Morgan fingerprint density at radius 3 is 2.63 bits per heavy atom. The van der Waals surface area contributed by atoms with Crippen molar-refractivity contribution in [1.29, 1.82) is 0 Å². The minimum absolute atomic E-state index is 0.00282. The van der Waals surface area contributed by atoms with E-state index in [9.17, 15) is 10.1 Å². The molecule has 0 radical (unpaired) electrons. The summed E-state index contributed by atoms with van der Waals surface area (Å²) >= 11 is 7.34. The highest BCUT2D eigenvalue weighted by Crippen LogP contribution is 2.34. The van der Waals surface area contributed by atoms with Crippen LogP contribution in [0.1, 0.15) is 27.2 Å². The average molecular weight is 304 g/mol. The maximum atomic E-state index is 10.9. The Kier molecular flexibility index (Phi) is 6.45. The fourth-order valence-electron chi connectivity index (χ4n) is 1.51. The number of hydrogen-bond donors (Lipinski definition) is 0. The number of rotatable bonds is 7. The Bertz CT molecular complexity index is 440. The summed E-state index contributed by atoms with van der Waals surface area (Å²) in [5.41, 5.74) is 0.00282.